The Bertz CT molecular complexity index is 667. The molecule has 0 bridgehead atoms. The summed E-state index contributed by atoms with van der Waals surface area (Å²) in [5, 5.41) is 0. The average molecular weight is 375 g/mol. The first-order valence-corrected chi connectivity index (χ1v) is 9.24. The van der Waals surface area contributed by atoms with Gasteiger partial charge in [-0.25, -0.2) is 13.1 Å². The van der Waals surface area contributed by atoms with Gasteiger partial charge in [-0.3, -0.25) is 0 Å². The highest BCUT2D eigenvalue weighted by molar-refractivity contribution is 9.10. The number of anilines is 1. The third-order valence-electron chi connectivity index (χ3n) is 5.38. The summed E-state index contributed by atoms with van der Waals surface area (Å²) in [5.41, 5.74) is 7.22. The van der Waals surface area contributed by atoms with Crippen molar-refractivity contribution in [3.63, 3.8) is 0 Å². The molecule has 0 aromatic heterocycles. The number of rotatable bonds is 4. The molecule has 0 spiro atoms. The van der Waals surface area contributed by atoms with Crippen molar-refractivity contribution in [1.29, 1.82) is 0 Å². The zero-order chi connectivity index (χ0) is 16.2. The van der Waals surface area contributed by atoms with E-state index in [0.29, 0.717) is 28.2 Å². The maximum atomic E-state index is 12.5. The molecule has 3 N–H and O–H groups in total. The standard InChI is InChI=1S/C15H23BrN2O2S/c1-9-6-10(16)11(17)7-12(9)21(19,20)18-8-13-14(2,3)15(13,4)5/h6-7,13,18H,8,17H2,1-5H3. The molecule has 0 heterocycles. The highest BCUT2D eigenvalue weighted by atomic mass is 79.9. The summed E-state index contributed by atoms with van der Waals surface area (Å²) in [6.07, 6.45) is 0. The highest BCUT2D eigenvalue weighted by Gasteiger charge is 2.64. The van der Waals surface area contributed by atoms with Crippen LogP contribution in [0.3, 0.4) is 0 Å². The fourth-order valence-electron chi connectivity index (χ4n) is 3.07. The third-order valence-corrected chi connectivity index (χ3v) is 7.63. The van der Waals surface area contributed by atoms with Gasteiger partial charge in [0.1, 0.15) is 0 Å². The zero-order valence-corrected chi connectivity index (χ0v) is 15.5. The Labute approximate surface area is 135 Å². The molecule has 0 amide bonds. The van der Waals surface area contributed by atoms with Crippen LogP contribution in [0.5, 0.6) is 0 Å². The topological polar surface area (TPSA) is 72.2 Å². The summed E-state index contributed by atoms with van der Waals surface area (Å²) in [7, 11) is -3.54. The Kier molecular flexibility index (Phi) is 3.96. The summed E-state index contributed by atoms with van der Waals surface area (Å²) in [6.45, 7) is 10.9. The van der Waals surface area contributed by atoms with E-state index in [1.54, 1.807) is 13.0 Å². The first-order valence-electron chi connectivity index (χ1n) is 6.96. The first-order chi connectivity index (χ1) is 9.41. The van der Waals surface area contributed by atoms with Gasteiger partial charge in [-0.15, -0.1) is 0 Å². The lowest BCUT2D eigenvalue weighted by Gasteiger charge is -2.12. The van der Waals surface area contributed by atoms with Gasteiger partial charge in [0, 0.05) is 16.7 Å². The molecule has 1 aliphatic rings. The van der Waals surface area contributed by atoms with Gasteiger partial charge < -0.3 is 5.73 Å². The molecule has 4 nitrogen and oxygen atoms in total. The molecule has 118 valence electrons. The van der Waals surface area contributed by atoms with E-state index in [9.17, 15) is 8.42 Å². The van der Waals surface area contributed by atoms with Crippen molar-refractivity contribution < 1.29 is 8.42 Å². The molecular formula is C15H23BrN2O2S. The SMILES string of the molecule is Cc1cc(Br)c(N)cc1S(=O)(=O)NCC1C(C)(C)C1(C)C. The van der Waals surface area contributed by atoms with Gasteiger partial charge >= 0.3 is 0 Å². The lowest BCUT2D eigenvalue weighted by atomic mass is 10.0. The fourth-order valence-corrected chi connectivity index (χ4v) is 4.84. The molecule has 0 radical (unpaired) electrons. The number of nitrogen functional groups attached to an aromatic ring is 1. The van der Waals surface area contributed by atoms with Crippen LogP contribution in [0.1, 0.15) is 33.3 Å². The van der Waals surface area contributed by atoms with Gasteiger partial charge in [-0.05, 0) is 57.3 Å². The third kappa shape index (κ3) is 2.73. The second kappa shape index (κ2) is 4.96. The quantitative estimate of drug-likeness (QED) is 0.794. The van der Waals surface area contributed by atoms with Crippen molar-refractivity contribution in [2.24, 2.45) is 16.7 Å². The summed E-state index contributed by atoms with van der Waals surface area (Å²) < 4.78 is 28.4. The molecule has 2 rings (SSSR count). The summed E-state index contributed by atoms with van der Waals surface area (Å²) in [6, 6.07) is 3.24. The normalized spacial score (nSPS) is 20.5. The zero-order valence-electron chi connectivity index (χ0n) is 13.1. The molecule has 1 aliphatic carbocycles. The molecule has 1 aromatic carbocycles. The molecule has 0 atom stereocenters. The van der Waals surface area contributed by atoms with Crippen LogP contribution in [0.4, 0.5) is 5.69 Å². The van der Waals surface area contributed by atoms with Gasteiger partial charge in [0.25, 0.3) is 0 Å². The van der Waals surface area contributed by atoms with Gasteiger partial charge in [0.05, 0.1) is 4.90 Å². The van der Waals surface area contributed by atoms with E-state index >= 15 is 0 Å². The van der Waals surface area contributed by atoms with Crippen LogP contribution in [-0.2, 0) is 10.0 Å². The minimum Gasteiger partial charge on any atom is -0.398 e. The average Bonchev–Trinajstić information content (AvgIpc) is 2.71. The second-order valence-corrected chi connectivity index (χ2v) is 9.58. The lowest BCUT2D eigenvalue weighted by molar-refractivity contribution is 0.457. The predicted molar refractivity (Wildman–Crippen MR) is 89.5 cm³/mol. The van der Waals surface area contributed by atoms with E-state index in [4.69, 9.17) is 5.73 Å². The molecule has 0 saturated heterocycles. The van der Waals surface area contributed by atoms with E-state index in [2.05, 4.69) is 48.3 Å². The van der Waals surface area contributed by atoms with Crippen LogP contribution in [-0.4, -0.2) is 15.0 Å². The number of hydrogen-bond acceptors (Lipinski definition) is 3. The Morgan fingerprint density at radius 2 is 1.76 bits per heavy atom. The largest absolute Gasteiger partial charge is 0.398 e. The second-order valence-electron chi connectivity index (χ2n) is 6.99. The number of nitrogens with one attached hydrogen (secondary N) is 1. The molecule has 6 heteroatoms. The van der Waals surface area contributed by atoms with Crippen LogP contribution < -0.4 is 10.5 Å². The highest BCUT2D eigenvalue weighted by Crippen LogP contribution is 2.67. The van der Waals surface area contributed by atoms with E-state index in [1.165, 1.54) is 6.07 Å². The van der Waals surface area contributed by atoms with Crippen molar-refractivity contribution in [2.45, 2.75) is 39.5 Å². The minimum absolute atomic E-state index is 0.156. The molecule has 1 fully saturated rings. The van der Waals surface area contributed by atoms with E-state index in [0.717, 1.165) is 0 Å². The number of sulfonamides is 1. The Morgan fingerprint density at radius 3 is 2.24 bits per heavy atom. The Hall–Kier alpha value is -0.590. The van der Waals surface area contributed by atoms with Crippen molar-refractivity contribution in [3.8, 4) is 0 Å². The van der Waals surface area contributed by atoms with Gasteiger partial charge in [-0.1, -0.05) is 27.7 Å². The Balaban J connectivity index is 2.19. The van der Waals surface area contributed by atoms with Crippen molar-refractivity contribution in [1.82, 2.24) is 4.72 Å². The minimum atomic E-state index is -3.54. The fraction of sp³-hybridized carbons (Fsp3) is 0.600. The summed E-state index contributed by atoms with van der Waals surface area (Å²) >= 11 is 3.31. The first kappa shape index (κ1) is 16.8. The van der Waals surface area contributed by atoms with Crippen molar-refractivity contribution >= 4 is 31.6 Å². The number of halogens is 1. The molecule has 21 heavy (non-hydrogen) atoms. The number of aryl methyl sites for hydroxylation is 1. The van der Waals surface area contributed by atoms with E-state index in [-0.39, 0.29) is 15.7 Å². The number of nitrogens with two attached hydrogens (primary N) is 1. The van der Waals surface area contributed by atoms with Crippen LogP contribution in [0.25, 0.3) is 0 Å². The summed E-state index contributed by atoms with van der Waals surface area (Å²) in [5.74, 6) is 0.341. The molecular weight excluding hydrogens is 352 g/mol. The van der Waals surface area contributed by atoms with Crippen LogP contribution in [0, 0.1) is 23.7 Å². The summed E-state index contributed by atoms with van der Waals surface area (Å²) in [4.78, 5) is 0.250. The molecule has 0 aliphatic heterocycles. The maximum absolute atomic E-state index is 12.5. The van der Waals surface area contributed by atoms with Gasteiger partial charge in [0.2, 0.25) is 10.0 Å². The molecule has 1 saturated carbocycles. The van der Waals surface area contributed by atoms with Crippen molar-refractivity contribution in [3.05, 3.63) is 22.2 Å². The van der Waals surface area contributed by atoms with Gasteiger partial charge in [0.15, 0.2) is 0 Å². The maximum Gasteiger partial charge on any atom is 0.240 e. The monoisotopic (exact) mass is 374 g/mol. The Morgan fingerprint density at radius 1 is 1.24 bits per heavy atom. The molecule has 1 aromatic rings. The lowest BCUT2D eigenvalue weighted by Crippen LogP contribution is -2.28. The molecule has 0 unspecified atom stereocenters. The van der Waals surface area contributed by atoms with Gasteiger partial charge in [-0.2, -0.15) is 0 Å². The van der Waals surface area contributed by atoms with Crippen LogP contribution in [0.15, 0.2) is 21.5 Å². The van der Waals surface area contributed by atoms with Crippen molar-refractivity contribution in [2.75, 3.05) is 12.3 Å². The van der Waals surface area contributed by atoms with Crippen LogP contribution >= 0.6 is 15.9 Å². The van der Waals surface area contributed by atoms with Crippen LogP contribution in [0.2, 0.25) is 0 Å². The smallest absolute Gasteiger partial charge is 0.240 e. The van der Waals surface area contributed by atoms with E-state index in [1.807, 2.05) is 0 Å². The van der Waals surface area contributed by atoms with E-state index < -0.39 is 10.0 Å². The predicted octanol–water partition coefficient (Wildman–Crippen LogP) is 3.30. The number of hydrogen-bond donors (Lipinski definition) is 2. The number of benzene rings is 1.